The average molecular weight is 377 g/mol. The van der Waals surface area contributed by atoms with Crippen molar-refractivity contribution in [3.8, 4) is 0 Å². The molecule has 27 heavy (non-hydrogen) atoms. The van der Waals surface area contributed by atoms with Crippen LogP contribution in [-0.4, -0.2) is 44.2 Å². The number of nitrogens with zero attached hydrogens (tertiary/aromatic N) is 2. The molecule has 0 bridgehead atoms. The Bertz CT molecular complexity index is 485. The van der Waals surface area contributed by atoms with Crippen LogP contribution in [0.2, 0.25) is 0 Å². The Morgan fingerprint density at radius 2 is 0.852 bits per heavy atom. The lowest BCUT2D eigenvalue weighted by molar-refractivity contribution is -0.145. The molecule has 2 aliphatic rings. The van der Waals surface area contributed by atoms with Gasteiger partial charge in [0, 0.05) is 22.2 Å². The third-order valence-electron chi connectivity index (χ3n) is 6.50. The molecule has 3 heteroatoms. The molecule has 0 atom stereocenters. The molecular weight excluding hydrogens is 332 g/mol. The summed E-state index contributed by atoms with van der Waals surface area (Å²) in [7, 11) is 0. The van der Waals surface area contributed by atoms with Gasteiger partial charge < -0.3 is 14.5 Å². The molecule has 0 aromatic rings. The number of allylic oxidation sites excluding steroid dienone is 2. The molecule has 0 aromatic carbocycles. The van der Waals surface area contributed by atoms with Gasteiger partial charge in [-0.25, -0.2) is 0 Å². The first-order chi connectivity index (χ1) is 12.2. The van der Waals surface area contributed by atoms with E-state index in [0.717, 1.165) is 25.7 Å². The molecule has 0 aliphatic carbocycles. The van der Waals surface area contributed by atoms with Crippen LogP contribution in [0, 0.1) is 0 Å². The maximum atomic E-state index is 6.83. The van der Waals surface area contributed by atoms with Crippen LogP contribution < -0.4 is 0 Å². The number of likely N-dealkylation sites (tertiary alicyclic amines) is 2. The minimum atomic E-state index is 0.107. The fourth-order valence-corrected chi connectivity index (χ4v) is 5.97. The second-order valence-electron chi connectivity index (χ2n) is 11.2. The highest BCUT2D eigenvalue weighted by molar-refractivity contribution is 5.08. The fraction of sp³-hybridized carbons (Fsp3) is 0.833. The van der Waals surface area contributed by atoms with Gasteiger partial charge in [-0.1, -0.05) is 12.2 Å². The lowest BCUT2D eigenvalue weighted by Crippen LogP contribution is -2.62. The molecule has 0 saturated carbocycles. The van der Waals surface area contributed by atoms with Crippen molar-refractivity contribution >= 4 is 0 Å². The Labute approximate surface area is 168 Å². The molecule has 0 aromatic heterocycles. The molecular formula is C24H44N2O. The highest BCUT2D eigenvalue weighted by Gasteiger charge is 2.48. The largest absolute Gasteiger partial charge is 0.375 e. The third-order valence-corrected chi connectivity index (χ3v) is 6.50. The van der Waals surface area contributed by atoms with E-state index in [1.54, 1.807) is 0 Å². The Morgan fingerprint density at radius 3 is 1.07 bits per heavy atom. The lowest BCUT2D eigenvalue weighted by Gasteiger charge is -2.58. The second-order valence-corrected chi connectivity index (χ2v) is 11.2. The zero-order chi connectivity index (χ0) is 20.7. The van der Waals surface area contributed by atoms with E-state index in [4.69, 9.17) is 4.74 Å². The van der Waals surface area contributed by atoms with Crippen LogP contribution in [0.4, 0.5) is 0 Å². The number of hydrogen-bond acceptors (Lipinski definition) is 3. The summed E-state index contributed by atoms with van der Waals surface area (Å²) in [6, 6.07) is 0. The normalized spacial score (nSPS) is 28.4. The first-order valence-corrected chi connectivity index (χ1v) is 10.8. The molecule has 2 heterocycles. The van der Waals surface area contributed by atoms with Gasteiger partial charge in [0.1, 0.15) is 0 Å². The highest BCUT2D eigenvalue weighted by atomic mass is 16.5. The van der Waals surface area contributed by atoms with E-state index in [-0.39, 0.29) is 22.2 Å². The smallest absolute Gasteiger partial charge is 0.0623 e. The van der Waals surface area contributed by atoms with Crippen LogP contribution >= 0.6 is 0 Å². The predicted octanol–water partition coefficient (Wildman–Crippen LogP) is 6.11. The maximum absolute atomic E-state index is 6.83. The van der Waals surface area contributed by atoms with E-state index >= 15 is 0 Å². The molecule has 3 nitrogen and oxygen atoms in total. The zero-order valence-corrected chi connectivity index (χ0v) is 19.6. The van der Waals surface area contributed by atoms with Crippen molar-refractivity contribution in [1.82, 2.24) is 9.80 Å². The second kappa shape index (κ2) is 7.46. The molecule has 0 radical (unpaired) electrons. The monoisotopic (exact) mass is 376 g/mol. The van der Waals surface area contributed by atoms with Crippen LogP contribution in [0.25, 0.3) is 0 Å². The van der Waals surface area contributed by atoms with Gasteiger partial charge in [-0.15, -0.1) is 0 Å². The quantitative estimate of drug-likeness (QED) is 0.588. The van der Waals surface area contributed by atoms with Crippen LogP contribution in [0.15, 0.2) is 24.6 Å². The van der Waals surface area contributed by atoms with E-state index in [1.807, 2.05) is 0 Å². The summed E-state index contributed by atoms with van der Waals surface area (Å²) in [4.78, 5) is 5.06. The van der Waals surface area contributed by atoms with Crippen molar-refractivity contribution in [3.05, 3.63) is 24.6 Å². The minimum Gasteiger partial charge on any atom is -0.375 e. The van der Waals surface area contributed by atoms with Crippen LogP contribution in [0.5, 0.6) is 0 Å². The first kappa shape index (κ1) is 22.3. The van der Waals surface area contributed by atoms with Crippen LogP contribution in [-0.2, 0) is 4.74 Å². The number of ether oxygens (including phenoxy) is 1. The minimum absolute atomic E-state index is 0.107. The Balaban J connectivity index is 2.16. The molecule has 0 unspecified atom stereocenters. The number of hydrogen-bond donors (Lipinski definition) is 0. The number of rotatable bonds is 4. The molecule has 2 fully saturated rings. The van der Waals surface area contributed by atoms with E-state index in [2.05, 4.69) is 104 Å². The first-order valence-electron chi connectivity index (χ1n) is 10.8. The summed E-state index contributed by atoms with van der Waals surface area (Å²) in [5.74, 6) is 0. The number of piperidine rings is 2. The van der Waals surface area contributed by atoms with Crippen molar-refractivity contribution in [1.29, 1.82) is 0 Å². The molecule has 0 N–H and O–H groups in total. The maximum Gasteiger partial charge on any atom is 0.0623 e. The molecule has 156 valence electrons. The highest BCUT2D eigenvalue weighted by Crippen LogP contribution is 2.44. The van der Waals surface area contributed by atoms with E-state index < -0.39 is 0 Å². The standard InChI is InChI=1S/C24H44N2O/c1-11-13-25-21(3,4)15-19(16-22(25,5)6)27-20-17-23(7,8)26(14-12-2)24(9,10)18-20/h11-14,19-20H,15-18H2,1-10H3. The molecule has 2 saturated heterocycles. The summed E-state index contributed by atoms with van der Waals surface area (Å²) < 4.78 is 6.83. The molecule has 2 rings (SSSR count). The van der Waals surface area contributed by atoms with Gasteiger partial charge in [-0.05, 0) is 107 Å². The van der Waals surface area contributed by atoms with Gasteiger partial charge in [-0.2, -0.15) is 0 Å². The Kier molecular flexibility index (Phi) is 6.17. The van der Waals surface area contributed by atoms with Gasteiger partial charge in [0.2, 0.25) is 0 Å². The van der Waals surface area contributed by atoms with Gasteiger partial charge in [-0.3, -0.25) is 0 Å². The molecule has 0 spiro atoms. The topological polar surface area (TPSA) is 15.7 Å². The van der Waals surface area contributed by atoms with Gasteiger partial charge in [0.25, 0.3) is 0 Å². The summed E-state index contributed by atoms with van der Waals surface area (Å²) in [5, 5.41) is 0. The van der Waals surface area contributed by atoms with Gasteiger partial charge in [0.15, 0.2) is 0 Å². The summed E-state index contributed by atoms with van der Waals surface area (Å²) in [6.45, 7) is 23.0. The molecule has 2 aliphatic heterocycles. The van der Waals surface area contributed by atoms with Crippen molar-refractivity contribution in [2.24, 2.45) is 0 Å². The van der Waals surface area contributed by atoms with Crippen molar-refractivity contribution in [3.63, 3.8) is 0 Å². The van der Waals surface area contributed by atoms with E-state index in [0.29, 0.717) is 12.2 Å². The Morgan fingerprint density at radius 1 is 0.593 bits per heavy atom. The summed E-state index contributed by atoms with van der Waals surface area (Å²) in [6.07, 6.45) is 13.8. The molecule has 0 amide bonds. The zero-order valence-electron chi connectivity index (χ0n) is 19.6. The fourth-order valence-electron chi connectivity index (χ4n) is 5.97. The van der Waals surface area contributed by atoms with Gasteiger partial charge in [0.05, 0.1) is 12.2 Å². The Hall–Kier alpha value is -0.960. The van der Waals surface area contributed by atoms with Crippen molar-refractivity contribution in [2.75, 3.05) is 0 Å². The van der Waals surface area contributed by atoms with E-state index in [1.165, 1.54) is 0 Å². The van der Waals surface area contributed by atoms with Crippen molar-refractivity contribution < 1.29 is 4.74 Å². The lowest BCUT2D eigenvalue weighted by atomic mass is 9.76. The SMILES string of the molecule is CC=CN1C(C)(C)CC(OC2CC(C)(C)N(C=CC)C(C)(C)C2)CC1(C)C. The van der Waals surface area contributed by atoms with Crippen molar-refractivity contribution in [2.45, 2.75) is 129 Å². The average Bonchev–Trinajstić information content (AvgIpc) is 2.45. The van der Waals surface area contributed by atoms with Crippen LogP contribution in [0.1, 0.15) is 94.9 Å². The summed E-state index contributed by atoms with van der Waals surface area (Å²) in [5.41, 5.74) is 0.427. The van der Waals surface area contributed by atoms with Crippen LogP contribution in [0.3, 0.4) is 0 Å². The third kappa shape index (κ3) is 4.72. The summed E-state index contributed by atoms with van der Waals surface area (Å²) >= 11 is 0. The van der Waals surface area contributed by atoms with E-state index in [9.17, 15) is 0 Å². The van der Waals surface area contributed by atoms with Gasteiger partial charge >= 0.3 is 0 Å². The predicted molar refractivity (Wildman–Crippen MR) is 117 cm³/mol.